The van der Waals surface area contributed by atoms with Gasteiger partial charge in [-0.2, -0.15) is 0 Å². The molecule has 32 heavy (non-hydrogen) atoms. The fourth-order valence-corrected chi connectivity index (χ4v) is 4.38. The van der Waals surface area contributed by atoms with Crippen LogP contribution in [0.5, 0.6) is 0 Å². The molecule has 1 aliphatic heterocycles. The van der Waals surface area contributed by atoms with Crippen molar-refractivity contribution in [3.63, 3.8) is 0 Å². The predicted octanol–water partition coefficient (Wildman–Crippen LogP) is 4.61. The number of benzene rings is 2. The van der Waals surface area contributed by atoms with E-state index < -0.39 is 5.60 Å². The maximum Gasteiger partial charge on any atom is 0.411 e. The number of aromatic amines is 1. The van der Waals surface area contributed by atoms with Gasteiger partial charge in [0.05, 0.1) is 6.04 Å². The van der Waals surface area contributed by atoms with Gasteiger partial charge in [-0.25, -0.2) is 4.79 Å². The van der Waals surface area contributed by atoms with Gasteiger partial charge < -0.3 is 19.7 Å². The maximum absolute atomic E-state index is 13.1. The third kappa shape index (κ3) is 4.46. The quantitative estimate of drug-likeness (QED) is 0.571. The standard InChI is InChI=1S/C26H28N2O4/c1-19(20-8-10-21(11-9-20)22-12-13-24(30)27-18-22)28-16-15-26(14-5-17-29,32-25(28)31)23-6-3-2-4-7-23/h2-4,6-13,18-19,29H,5,14-17H2,1H3,(H,27,30). The van der Waals surface area contributed by atoms with E-state index in [1.165, 1.54) is 6.07 Å². The third-order valence-corrected chi connectivity index (χ3v) is 6.29. The van der Waals surface area contributed by atoms with Crippen molar-refractivity contribution in [2.75, 3.05) is 13.2 Å². The summed E-state index contributed by atoms with van der Waals surface area (Å²) in [4.78, 5) is 28.8. The van der Waals surface area contributed by atoms with Crippen molar-refractivity contribution in [3.8, 4) is 11.1 Å². The van der Waals surface area contributed by atoms with Gasteiger partial charge in [-0.05, 0) is 48.1 Å². The zero-order valence-electron chi connectivity index (χ0n) is 18.2. The molecule has 0 saturated carbocycles. The second-order valence-electron chi connectivity index (χ2n) is 8.24. The minimum Gasteiger partial charge on any atom is -0.438 e. The number of nitrogens with zero attached hydrogens (tertiary/aromatic N) is 1. The SMILES string of the molecule is CC(c1ccc(-c2ccc(=O)[nH]c2)cc1)N1CCC(CCCO)(c2ccccc2)OC1=O. The zero-order chi connectivity index (χ0) is 22.6. The number of pyridine rings is 1. The molecular weight excluding hydrogens is 404 g/mol. The van der Waals surface area contributed by atoms with Gasteiger partial charge in [0.15, 0.2) is 0 Å². The van der Waals surface area contributed by atoms with Crippen LogP contribution in [0.3, 0.4) is 0 Å². The number of hydrogen-bond acceptors (Lipinski definition) is 4. The van der Waals surface area contributed by atoms with Gasteiger partial charge >= 0.3 is 6.09 Å². The van der Waals surface area contributed by atoms with Crippen LogP contribution in [0.4, 0.5) is 4.79 Å². The molecule has 4 rings (SSSR count). The van der Waals surface area contributed by atoms with Crippen LogP contribution in [0.1, 0.15) is 43.4 Å². The van der Waals surface area contributed by atoms with Crippen molar-refractivity contribution in [2.45, 2.75) is 37.8 Å². The number of ether oxygens (including phenoxy) is 1. The Morgan fingerprint density at radius 1 is 1.03 bits per heavy atom. The molecule has 0 bridgehead atoms. The first-order valence-electron chi connectivity index (χ1n) is 11.0. The van der Waals surface area contributed by atoms with Crippen molar-refractivity contribution in [2.24, 2.45) is 0 Å². The van der Waals surface area contributed by atoms with Crippen LogP contribution in [0, 0.1) is 0 Å². The third-order valence-electron chi connectivity index (χ3n) is 6.29. The van der Waals surface area contributed by atoms with Crippen LogP contribution >= 0.6 is 0 Å². The lowest BCUT2D eigenvalue weighted by atomic mass is 9.84. The van der Waals surface area contributed by atoms with Gasteiger partial charge in [0.1, 0.15) is 5.60 Å². The second kappa shape index (κ2) is 9.40. The van der Waals surface area contributed by atoms with Gasteiger partial charge in [-0.15, -0.1) is 0 Å². The summed E-state index contributed by atoms with van der Waals surface area (Å²) in [5, 5.41) is 9.36. The molecule has 1 fully saturated rings. The Kier molecular flexibility index (Phi) is 6.42. The smallest absolute Gasteiger partial charge is 0.411 e. The molecule has 2 heterocycles. The van der Waals surface area contributed by atoms with Gasteiger partial charge in [0, 0.05) is 31.8 Å². The number of cyclic esters (lactones) is 1. The summed E-state index contributed by atoms with van der Waals surface area (Å²) < 4.78 is 6.06. The number of rotatable bonds is 7. The second-order valence-corrected chi connectivity index (χ2v) is 8.24. The molecule has 0 aliphatic carbocycles. The van der Waals surface area contributed by atoms with Gasteiger partial charge in [-0.3, -0.25) is 4.79 Å². The number of aliphatic hydroxyl groups is 1. The number of carbonyl (C=O) groups is 1. The Labute approximate surface area is 187 Å². The monoisotopic (exact) mass is 432 g/mol. The van der Waals surface area contributed by atoms with Crippen molar-refractivity contribution in [1.29, 1.82) is 0 Å². The fraction of sp³-hybridized carbons (Fsp3) is 0.308. The summed E-state index contributed by atoms with van der Waals surface area (Å²) in [5.41, 5.74) is 3.07. The van der Waals surface area contributed by atoms with E-state index in [0.717, 1.165) is 22.3 Å². The van der Waals surface area contributed by atoms with E-state index in [9.17, 15) is 14.7 Å². The molecule has 6 heteroatoms. The lowest BCUT2D eigenvalue weighted by molar-refractivity contribution is -0.0680. The molecule has 1 aliphatic rings. The van der Waals surface area contributed by atoms with Crippen molar-refractivity contribution >= 4 is 6.09 Å². The molecule has 0 spiro atoms. The van der Waals surface area contributed by atoms with E-state index in [1.807, 2.05) is 61.5 Å². The molecule has 3 aromatic rings. The highest BCUT2D eigenvalue weighted by Gasteiger charge is 2.43. The number of aliphatic hydroxyl groups excluding tert-OH is 1. The van der Waals surface area contributed by atoms with Crippen LogP contribution in [0.2, 0.25) is 0 Å². The maximum atomic E-state index is 13.1. The minimum atomic E-state index is -0.703. The molecule has 166 valence electrons. The van der Waals surface area contributed by atoms with E-state index in [1.54, 1.807) is 17.2 Å². The number of nitrogens with one attached hydrogen (secondary N) is 1. The average molecular weight is 433 g/mol. The largest absolute Gasteiger partial charge is 0.438 e. The van der Waals surface area contributed by atoms with Gasteiger partial charge in [0.2, 0.25) is 5.56 Å². The van der Waals surface area contributed by atoms with Crippen molar-refractivity contribution < 1.29 is 14.6 Å². The van der Waals surface area contributed by atoms with Crippen LogP contribution in [0.25, 0.3) is 11.1 Å². The summed E-state index contributed by atoms with van der Waals surface area (Å²) in [7, 11) is 0. The van der Waals surface area contributed by atoms with Gasteiger partial charge in [0.25, 0.3) is 0 Å². The molecule has 1 saturated heterocycles. The normalized spacial score (nSPS) is 19.4. The van der Waals surface area contributed by atoms with E-state index in [-0.39, 0.29) is 24.3 Å². The minimum absolute atomic E-state index is 0.0634. The highest BCUT2D eigenvalue weighted by atomic mass is 16.6. The molecule has 1 aromatic heterocycles. The molecule has 2 atom stereocenters. The Balaban J connectivity index is 1.50. The fourth-order valence-electron chi connectivity index (χ4n) is 4.38. The van der Waals surface area contributed by atoms with Crippen molar-refractivity contribution in [3.05, 3.63) is 94.4 Å². The van der Waals surface area contributed by atoms with Crippen LogP contribution in [0.15, 0.2) is 77.7 Å². The predicted molar refractivity (Wildman–Crippen MR) is 123 cm³/mol. The summed E-state index contributed by atoms with van der Waals surface area (Å²) in [6.45, 7) is 2.63. The van der Waals surface area contributed by atoms with E-state index in [0.29, 0.717) is 25.8 Å². The first kappa shape index (κ1) is 21.8. The first-order valence-corrected chi connectivity index (χ1v) is 11.0. The Morgan fingerprint density at radius 2 is 1.75 bits per heavy atom. The highest BCUT2D eigenvalue weighted by Crippen LogP contribution is 2.40. The number of carbonyl (C=O) groups excluding carboxylic acids is 1. The molecule has 6 nitrogen and oxygen atoms in total. The Hall–Kier alpha value is -3.38. The molecule has 2 unspecified atom stereocenters. The summed E-state index contributed by atoms with van der Waals surface area (Å²) >= 11 is 0. The molecular formula is C26H28N2O4. The number of H-pyrrole nitrogens is 1. The molecule has 1 amide bonds. The van der Waals surface area contributed by atoms with Gasteiger partial charge in [-0.1, -0.05) is 54.6 Å². The first-order chi connectivity index (χ1) is 15.5. The zero-order valence-corrected chi connectivity index (χ0v) is 18.2. The van der Waals surface area contributed by atoms with E-state index in [2.05, 4.69) is 4.98 Å². The average Bonchev–Trinajstić information content (AvgIpc) is 2.83. The molecule has 2 N–H and O–H groups in total. The number of amides is 1. The lowest BCUT2D eigenvalue weighted by Gasteiger charge is -2.43. The molecule has 2 aromatic carbocycles. The summed E-state index contributed by atoms with van der Waals surface area (Å²) in [5.74, 6) is 0. The van der Waals surface area contributed by atoms with Crippen molar-refractivity contribution in [1.82, 2.24) is 9.88 Å². The lowest BCUT2D eigenvalue weighted by Crippen LogP contribution is -2.48. The Morgan fingerprint density at radius 3 is 2.38 bits per heavy atom. The summed E-state index contributed by atoms with van der Waals surface area (Å²) in [6.07, 6.45) is 3.19. The van der Waals surface area contributed by atoms with E-state index in [4.69, 9.17) is 4.74 Å². The Bertz CT molecular complexity index is 1090. The number of aromatic nitrogens is 1. The topological polar surface area (TPSA) is 82.6 Å². The van der Waals surface area contributed by atoms with Crippen LogP contribution in [-0.4, -0.2) is 34.2 Å². The molecule has 0 radical (unpaired) electrons. The van der Waals surface area contributed by atoms with Crippen LogP contribution in [-0.2, 0) is 10.3 Å². The number of hydrogen-bond donors (Lipinski definition) is 2. The van der Waals surface area contributed by atoms with E-state index >= 15 is 0 Å². The highest BCUT2D eigenvalue weighted by molar-refractivity contribution is 5.70. The van der Waals surface area contributed by atoms with Crippen LogP contribution < -0.4 is 5.56 Å². The summed E-state index contributed by atoms with van der Waals surface area (Å²) in [6, 6.07) is 20.9.